The fourth-order valence-electron chi connectivity index (χ4n) is 2.56. The van der Waals surface area contributed by atoms with Gasteiger partial charge in [0.1, 0.15) is 0 Å². The van der Waals surface area contributed by atoms with Gasteiger partial charge in [0.25, 0.3) is 5.56 Å². The van der Waals surface area contributed by atoms with Crippen LogP contribution < -0.4 is 5.56 Å². The van der Waals surface area contributed by atoms with E-state index in [1.807, 2.05) is 26.8 Å². The third kappa shape index (κ3) is 2.35. The van der Waals surface area contributed by atoms with Gasteiger partial charge in [-0.2, -0.15) is 5.10 Å². The molecule has 5 nitrogen and oxygen atoms in total. The molecule has 5 heteroatoms. The quantitative estimate of drug-likeness (QED) is 0.697. The number of H-pyrrole nitrogens is 1. The van der Waals surface area contributed by atoms with Crippen molar-refractivity contribution in [2.24, 2.45) is 0 Å². The van der Waals surface area contributed by atoms with Crippen LogP contribution in [0.3, 0.4) is 0 Å². The van der Waals surface area contributed by atoms with Crippen molar-refractivity contribution < 1.29 is 9.53 Å². The van der Waals surface area contributed by atoms with Crippen LogP contribution in [0.5, 0.6) is 0 Å². The third-order valence-corrected chi connectivity index (χ3v) is 3.53. The van der Waals surface area contributed by atoms with Crippen molar-refractivity contribution in [2.45, 2.75) is 27.2 Å². The summed E-state index contributed by atoms with van der Waals surface area (Å²) >= 11 is 0. The highest BCUT2D eigenvalue weighted by atomic mass is 16.5. The molecule has 0 radical (unpaired) electrons. The molecule has 0 spiro atoms. The summed E-state index contributed by atoms with van der Waals surface area (Å²) in [6, 6.07) is 3.61. The Bertz CT molecular complexity index is 748. The molecular weight excluding hydrogens is 268 g/mol. The second-order valence-electron chi connectivity index (χ2n) is 4.54. The van der Waals surface area contributed by atoms with E-state index in [9.17, 15) is 9.59 Å². The van der Waals surface area contributed by atoms with Crippen LogP contribution in [0.4, 0.5) is 0 Å². The number of methoxy groups -OCH3 is 1. The van der Waals surface area contributed by atoms with Gasteiger partial charge in [-0.25, -0.2) is 9.89 Å². The van der Waals surface area contributed by atoms with Crippen LogP contribution in [-0.4, -0.2) is 23.3 Å². The second-order valence-corrected chi connectivity index (χ2v) is 4.54. The van der Waals surface area contributed by atoms with Crippen LogP contribution in [0.15, 0.2) is 23.1 Å². The lowest BCUT2D eigenvalue weighted by atomic mass is 9.97. The largest absolute Gasteiger partial charge is 0.465 e. The van der Waals surface area contributed by atoms with Gasteiger partial charge in [0, 0.05) is 23.1 Å². The van der Waals surface area contributed by atoms with Gasteiger partial charge in [-0.15, -0.1) is 0 Å². The predicted octanol–water partition coefficient (Wildman–Crippen LogP) is 2.46. The number of carbonyl (C=O) groups excluding carboxylic acids is 1. The minimum atomic E-state index is -0.399. The molecule has 0 aliphatic heterocycles. The number of hydrogen-bond acceptors (Lipinski definition) is 4. The number of aromatic amines is 1. The smallest absolute Gasteiger partial charge is 0.338 e. The molecule has 3 rings (SSSR count). The Kier molecular flexibility index (Phi) is 4.21. The van der Waals surface area contributed by atoms with Crippen molar-refractivity contribution in [3.63, 3.8) is 0 Å². The van der Waals surface area contributed by atoms with Crippen LogP contribution in [0.1, 0.15) is 40.9 Å². The number of nitrogens with zero attached hydrogens (tertiary/aromatic N) is 1. The Morgan fingerprint density at radius 3 is 2.67 bits per heavy atom. The van der Waals surface area contributed by atoms with Gasteiger partial charge in [-0.3, -0.25) is 4.79 Å². The highest BCUT2D eigenvalue weighted by molar-refractivity contribution is 6.00. The molecule has 1 aromatic carbocycles. The van der Waals surface area contributed by atoms with Crippen molar-refractivity contribution in [2.75, 3.05) is 7.11 Å². The van der Waals surface area contributed by atoms with Crippen LogP contribution in [-0.2, 0) is 11.2 Å². The summed E-state index contributed by atoms with van der Waals surface area (Å²) in [7, 11) is 1.35. The molecular formula is C16H18N2O3. The van der Waals surface area contributed by atoms with E-state index in [2.05, 4.69) is 10.2 Å². The molecule has 2 aromatic rings. The lowest BCUT2D eigenvalue weighted by molar-refractivity contribution is 0.0601. The molecule has 0 fully saturated rings. The number of rotatable bonds is 1. The normalized spacial score (nSPS) is 11.0. The summed E-state index contributed by atoms with van der Waals surface area (Å²) in [6.45, 7) is 5.97. The molecule has 110 valence electrons. The van der Waals surface area contributed by atoms with Gasteiger partial charge in [0.15, 0.2) is 0 Å². The van der Waals surface area contributed by atoms with Crippen LogP contribution in [0.2, 0.25) is 0 Å². The zero-order chi connectivity index (χ0) is 15.6. The first-order valence-electron chi connectivity index (χ1n) is 6.91. The predicted molar refractivity (Wildman–Crippen MR) is 80.5 cm³/mol. The number of fused-ring (bicyclic) bond motifs is 3. The number of hydrogen-bond donors (Lipinski definition) is 1. The van der Waals surface area contributed by atoms with Crippen molar-refractivity contribution >= 4 is 5.97 Å². The van der Waals surface area contributed by atoms with E-state index < -0.39 is 5.97 Å². The average Bonchev–Trinajstić information content (AvgIpc) is 2.91. The number of esters is 1. The summed E-state index contributed by atoms with van der Waals surface area (Å²) in [5, 5.41) is 6.25. The van der Waals surface area contributed by atoms with E-state index in [-0.39, 0.29) is 5.56 Å². The Balaban J connectivity index is 0.000000774. The van der Waals surface area contributed by atoms with E-state index in [1.165, 1.54) is 7.11 Å². The molecule has 1 N–H and O–H groups in total. The number of nitrogens with one attached hydrogen (secondary N) is 1. The molecule has 0 saturated heterocycles. The average molecular weight is 286 g/mol. The zero-order valence-electron chi connectivity index (χ0n) is 12.6. The van der Waals surface area contributed by atoms with E-state index >= 15 is 0 Å². The Hall–Kier alpha value is -2.43. The van der Waals surface area contributed by atoms with Crippen molar-refractivity contribution in [3.8, 4) is 11.1 Å². The minimum Gasteiger partial charge on any atom is -0.465 e. The number of ether oxygens (including phenoxy) is 1. The molecule has 0 unspecified atom stereocenters. The highest BCUT2D eigenvalue weighted by Gasteiger charge is 2.28. The molecule has 1 aromatic heterocycles. The van der Waals surface area contributed by atoms with Crippen molar-refractivity contribution in [1.29, 1.82) is 0 Å². The standard InChI is InChI=1S/C14H12N2O3.C2H6/c1-7-3-4-8(14(18)19-2)12-9(7)5-10-11(12)6-15-16-13(10)17;1-2/h3-4,6H,5H2,1-2H3,(H,16,17);1-2H3. The molecule has 0 saturated carbocycles. The Morgan fingerprint density at radius 1 is 1.29 bits per heavy atom. The third-order valence-electron chi connectivity index (χ3n) is 3.53. The molecule has 0 amide bonds. The van der Waals surface area contributed by atoms with E-state index in [0.29, 0.717) is 17.5 Å². The van der Waals surface area contributed by atoms with Crippen molar-refractivity contribution in [3.05, 3.63) is 50.9 Å². The summed E-state index contributed by atoms with van der Waals surface area (Å²) in [5.41, 5.74) is 4.49. The van der Waals surface area contributed by atoms with Crippen LogP contribution >= 0.6 is 0 Å². The van der Waals surface area contributed by atoms with E-state index in [4.69, 9.17) is 4.74 Å². The first kappa shape index (κ1) is 15.0. The molecule has 0 bridgehead atoms. The van der Waals surface area contributed by atoms with E-state index in [1.54, 1.807) is 12.3 Å². The van der Waals surface area contributed by atoms with Gasteiger partial charge >= 0.3 is 5.97 Å². The second kappa shape index (κ2) is 5.91. The Labute approximate surface area is 123 Å². The van der Waals surface area contributed by atoms with Crippen molar-refractivity contribution in [1.82, 2.24) is 10.2 Å². The maximum atomic E-state index is 11.9. The number of aromatic nitrogens is 2. The zero-order valence-corrected chi connectivity index (χ0v) is 12.6. The van der Waals surface area contributed by atoms with E-state index in [0.717, 1.165) is 22.3 Å². The molecule has 21 heavy (non-hydrogen) atoms. The molecule has 0 atom stereocenters. The summed E-state index contributed by atoms with van der Waals surface area (Å²) < 4.78 is 4.80. The van der Waals surface area contributed by atoms with Gasteiger partial charge in [0.05, 0.1) is 18.9 Å². The maximum Gasteiger partial charge on any atom is 0.338 e. The fourth-order valence-corrected chi connectivity index (χ4v) is 2.56. The lowest BCUT2D eigenvalue weighted by Gasteiger charge is -2.09. The lowest BCUT2D eigenvalue weighted by Crippen LogP contribution is -2.12. The topological polar surface area (TPSA) is 72.0 Å². The fraction of sp³-hybridized carbons (Fsp3) is 0.312. The summed E-state index contributed by atoms with van der Waals surface area (Å²) in [5.74, 6) is -0.399. The number of aryl methyl sites for hydroxylation is 1. The first-order chi connectivity index (χ1) is 10.1. The number of carbonyl (C=O) groups is 1. The van der Waals surface area contributed by atoms with Gasteiger partial charge in [-0.1, -0.05) is 19.9 Å². The first-order valence-corrected chi connectivity index (χ1v) is 6.91. The van der Waals surface area contributed by atoms with Crippen LogP contribution in [0, 0.1) is 6.92 Å². The summed E-state index contributed by atoms with van der Waals surface area (Å²) in [6.07, 6.45) is 2.12. The molecule has 1 heterocycles. The summed E-state index contributed by atoms with van der Waals surface area (Å²) in [4.78, 5) is 23.7. The minimum absolute atomic E-state index is 0.205. The molecule has 1 aliphatic rings. The highest BCUT2D eigenvalue weighted by Crippen LogP contribution is 2.38. The SMILES string of the molecule is CC.COC(=O)c1ccc(C)c2c1-c1cn[nH]c(=O)c1C2. The Morgan fingerprint density at radius 2 is 2.00 bits per heavy atom. The molecule has 1 aliphatic carbocycles. The maximum absolute atomic E-state index is 11.9. The van der Waals surface area contributed by atoms with Gasteiger partial charge in [-0.05, 0) is 24.1 Å². The number of benzene rings is 1. The monoisotopic (exact) mass is 286 g/mol. The van der Waals surface area contributed by atoms with Gasteiger partial charge in [0.2, 0.25) is 0 Å². The van der Waals surface area contributed by atoms with Crippen LogP contribution in [0.25, 0.3) is 11.1 Å². The van der Waals surface area contributed by atoms with Gasteiger partial charge < -0.3 is 4.74 Å².